The Bertz CT molecular complexity index is 553. The third-order valence-electron chi connectivity index (χ3n) is 2.81. The van der Waals surface area contributed by atoms with Crippen molar-refractivity contribution < 1.29 is 5.11 Å². The van der Waals surface area contributed by atoms with E-state index in [1.54, 1.807) is 4.57 Å². The summed E-state index contributed by atoms with van der Waals surface area (Å²) < 4.78 is 1.69. The smallest absolute Gasteiger partial charge is 0.326 e. The minimum atomic E-state index is -0.436. The van der Waals surface area contributed by atoms with Gasteiger partial charge in [0.05, 0.1) is 17.1 Å². The van der Waals surface area contributed by atoms with E-state index in [0.717, 1.165) is 16.6 Å². The lowest BCUT2D eigenvalue weighted by Crippen LogP contribution is -2.22. The predicted molar refractivity (Wildman–Crippen MR) is 52.1 cm³/mol. The van der Waals surface area contributed by atoms with E-state index >= 15 is 0 Å². The summed E-state index contributed by atoms with van der Waals surface area (Å²) in [4.78, 5) is 14.3. The maximum Gasteiger partial charge on any atom is 0.326 e. The minimum Gasteiger partial charge on any atom is -0.388 e. The van der Waals surface area contributed by atoms with Crippen LogP contribution in [-0.4, -0.2) is 14.7 Å². The molecule has 14 heavy (non-hydrogen) atoms. The van der Waals surface area contributed by atoms with Crippen molar-refractivity contribution in [1.82, 2.24) is 9.55 Å². The largest absolute Gasteiger partial charge is 0.388 e. The summed E-state index contributed by atoms with van der Waals surface area (Å²) in [5.41, 5.74) is 2.44. The molecule has 72 valence electrons. The SMILES string of the molecule is O=c1[nH]c2cccc3c2n1CCC3O. The van der Waals surface area contributed by atoms with Crippen molar-refractivity contribution in [3.05, 3.63) is 34.2 Å². The van der Waals surface area contributed by atoms with Crippen molar-refractivity contribution in [2.24, 2.45) is 0 Å². The summed E-state index contributed by atoms with van der Waals surface area (Å²) in [6.45, 7) is 0.594. The first-order valence-corrected chi connectivity index (χ1v) is 4.67. The lowest BCUT2D eigenvalue weighted by atomic mass is 10.0. The van der Waals surface area contributed by atoms with E-state index in [-0.39, 0.29) is 5.69 Å². The topological polar surface area (TPSA) is 58.0 Å². The number of aliphatic hydroxyl groups excluding tert-OH is 1. The van der Waals surface area contributed by atoms with E-state index in [0.29, 0.717) is 13.0 Å². The standard InChI is InChI=1S/C10H10N2O2/c13-8-4-5-12-9-6(8)2-1-3-7(9)11-10(12)14/h1-3,8,13H,4-5H2,(H,11,14). The Morgan fingerprint density at radius 3 is 3.21 bits per heavy atom. The number of hydrogen-bond acceptors (Lipinski definition) is 2. The summed E-state index contributed by atoms with van der Waals surface area (Å²) in [6.07, 6.45) is 0.179. The van der Waals surface area contributed by atoms with Gasteiger partial charge in [-0.2, -0.15) is 0 Å². The highest BCUT2D eigenvalue weighted by molar-refractivity contribution is 5.79. The van der Waals surface area contributed by atoms with E-state index in [4.69, 9.17) is 0 Å². The van der Waals surface area contributed by atoms with Gasteiger partial charge in [-0.3, -0.25) is 4.57 Å². The molecular formula is C10H10N2O2. The van der Waals surface area contributed by atoms with Crippen molar-refractivity contribution in [1.29, 1.82) is 0 Å². The highest BCUT2D eigenvalue weighted by Gasteiger charge is 2.21. The van der Waals surface area contributed by atoms with Crippen molar-refractivity contribution in [2.75, 3.05) is 0 Å². The monoisotopic (exact) mass is 190 g/mol. The second-order valence-corrected chi connectivity index (χ2v) is 3.63. The highest BCUT2D eigenvalue weighted by atomic mass is 16.3. The van der Waals surface area contributed by atoms with Gasteiger partial charge in [0.1, 0.15) is 0 Å². The number of aliphatic hydroxyl groups is 1. The number of benzene rings is 1. The number of para-hydroxylation sites is 1. The molecule has 0 spiro atoms. The van der Waals surface area contributed by atoms with Crippen molar-refractivity contribution in [3.8, 4) is 0 Å². The van der Waals surface area contributed by atoms with Gasteiger partial charge in [0.15, 0.2) is 0 Å². The first-order valence-electron chi connectivity index (χ1n) is 4.67. The number of aromatic nitrogens is 2. The molecule has 1 aliphatic rings. The van der Waals surface area contributed by atoms with Crippen LogP contribution in [0.4, 0.5) is 0 Å². The molecule has 0 amide bonds. The van der Waals surface area contributed by atoms with Gasteiger partial charge >= 0.3 is 5.69 Å². The third kappa shape index (κ3) is 0.834. The molecule has 4 nitrogen and oxygen atoms in total. The minimum absolute atomic E-state index is 0.0839. The molecule has 0 bridgehead atoms. The highest BCUT2D eigenvalue weighted by Crippen LogP contribution is 2.29. The summed E-state index contributed by atoms with van der Waals surface area (Å²) in [5, 5.41) is 9.75. The fraction of sp³-hybridized carbons (Fsp3) is 0.300. The summed E-state index contributed by atoms with van der Waals surface area (Å²) >= 11 is 0. The van der Waals surface area contributed by atoms with Crippen molar-refractivity contribution in [2.45, 2.75) is 19.1 Å². The van der Waals surface area contributed by atoms with Gasteiger partial charge in [0, 0.05) is 12.1 Å². The van der Waals surface area contributed by atoms with E-state index < -0.39 is 6.10 Å². The Hall–Kier alpha value is -1.55. The zero-order valence-electron chi connectivity index (χ0n) is 7.53. The maximum atomic E-state index is 11.5. The summed E-state index contributed by atoms with van der Waals surface area (Å²) in [6, 6.07) is 5.58. The number of imidazole rings is 1. The van der Waals surface area contributed by atoms with E-state index in [1.807, 2.05) is 18.2 Å². The van der Waals surface area contributed by atoms with Gasteiger partial charge in [-0.1, -0.05) is 12.1 Å². The van der Waals surface area contributed by atoms with Crippen molar-refractivity contribution >= 4 is 11.0 Å². The van der Waals surface area contributed by atoms with Crippen LogP contribution in [0.25, 0.3) is 11.0 Å². The van der Waals surface area contributed by atoms with Gasteiger partial charge in [0.25, 0.3) is 0 Å². The van der Waals surface area contributed by atoms with Gasteiger partial charge in [-0.05, 0) is 12.5 Å². The first-order chi connectivity index (χ1) is 6.77. The Morgan fingerprint density at radius 2 is 2.36 bits per heavy atom. The van der Waals surface area contributed by atoms with E-state index in [9.17, 15) is 9.90 Å². The Morgan fingerprint density at radius 1 is 1.50 bits per heavy atom. The van der Waals surface area contributed by atoms with Crippen LogP contribution >= 0.6 is 0 Å². The molecule has 1 aromatic heterocycles. The first kappa shape index (κ1) is 7.82. The number of nitrogens with zero attached hydrogens (tertiary/aromatic N) is 1. The average molecular weight is 190 g/mol. The number of nitrogens with one attached hydrogen (secondary N) is 1. The van der Waals surface area contributed by atoms with Gasteiger partial charge < -0.3 is 10.1 Å². The van der Waals surface area contributed by atoms with Crippen LogP contribution in [-0.2, 0) is 6.54 Å². The van der Waals surface area contributed by atoms with Crippen LogP contribution < -0.4 is 5.69 Å². The maximum absolute atomic E-state index is 11.5. The van der Waals surface area contributed by atoms with E-state index in [1.165, 1.54) is 0 Å². The fourth-order valence-electron chi connectivity index (χ4n) is 2.14. The zero-order chi connectivity index (χ0) is 9.71. The molecule has 4 heteroatoms. The molecule has 3 rings (SSSR count). The Balaban J connectivity index is 2.53. The predicted octanol–water partition coefficient (Wildman–Crippen LogP) is 0.767. The van der Waals surface area contributed by atoms with Crippen LogP contribution in [0, 0.1) is 0 Å². The lowest BCUT2D eigenvalue weighted by Gasteiger charge is -2.19. The average Bonchev–Trinajstić information content (AvgIpc) is 2.50. The second-order valence-electron chi connectivity index (χ2n) is 3.63. The normalized spacial score (nSPS) is 20.2. The molecule has 1 aliphatic heterocycles. The Labute approximate surface area is 79.8 Å². The molecule has 0 fully saturated rings. The zero-order valence-corrected chi connectivity index (χ0v) is 7.53. The van der Waals surface area contributed by atoms with Crippen LogP contribution in [0.3, 0.4) is 0 Å². The van der Waals surface area contributed by atoms with E-state index in [2.05, 4.69) is 4.98 Å². The summed E-state index contributed by atoms with van der Waals surface area (Å²) in [5.74, 6) is 0. The molecular weight excluding hydrogens is 180 g/mol. The number of aromatic amines is 1. The molecule has 2 heterocycles. The molecule has 1 atom stereocenters. The number of aryl methyl sites for hydroxylation is 1. The third-order valence-corrected chi connectivity index (χ3v) is 2.81. The van der Waals surface area contributed by atoms with Crippen LogP contribution in [0.2, 0.25) is 0 Å². The molecule has 2 aromatic rings. The summed E-state index contributed by atoms with van der Waals surface area (Å²) in [7, 11) is 0. The molecule has 1 unspecified atom stereocenters. The quantitative estimate of drug-likeness (QED) is 0.644. The second kappa shape index (κ2) is 2.48. The molecule has 0 radical (unpaired) electrons. The molecule has 0 aliphatic carbocycles. The molecule has 0 saturated carbocycles. The van der Waals surface area contributed by atoms with Crippen molar-refractivity contribution in [3.63, 3.8) is 0 Å². The number of rotatable bonds is 0. The van der Waals surface area contributed by atoms with Gasteiger partial charge in [-0.25, -0.2) is 4.79 Å². The molecule has 2 N–H and O–H groups in total. The van der Waals surface area contributed by atoms with Crippen LogP contribution in [0.5, 0.6) is 0 Å². The fourth-order valence-corrected chi connectivity index (χ4v) is 2.14. The van der Waals surface area contributed by atoms with Crippen LogP contribution in [0.15, 0.2) is 23.0 Å². The lowest BCUT2D eigenvalue weighted by molar-refractivity contribution is 0.156. The Kier molecular flexibility index (Phi) is 1.39. The van der Waals surface area contributed by atoms with Gasteiger partial charge in [-0.15, -0.1) is 0 Å². The molecule has 0 saturated heterocycles. The number of H-pyrrole nitrogens is 1. The molecule has 1 aromatic carbocycles. The van der Waals surface area contributed by atoms with Crippen LogP contribution in [0.1, 0.15) is 18.1 Å². The van der Waals surface area contributed by atoms with Gasteiger partial charge in [0.2, 0.25) is 0 Å². The number of hydrogen-bond donors (Lipinski definition) is 2.